The minimum Gasteiger partial charge on any atom is -0.352 e. The zero-order valence-electron chi connectivity index (χ0n) is 13.3. The van der Waals surface area contributed by atoms with Gasteiger partial charge < -0.3 is 5.32 Å². The Morgan fingerprint density at radius 2 is 2.26 bits per heavy atom. The number of allylic oxidation sites excluding steroid dienone is 3. The van der Waals surface area contributed by atoms with E-state index in [-0.39, 0.29) is 17.9 Å². The van der Waals surface area contributed by atoms with Crippen LogP contribution >= 0.6 is 0 Å². The molecule has 0 radical (unpaired) electrons. The van der Waals surface area contributed by atoms with Crippen molar-refractivity contribution >= 4 is 16.8 Å². The summed E-state index contributed by atoms with van der Waals surface area (Å²) in [6.45, 7) is 4.55. The SMILES string of the molecule is CCC=C(C)C=CCNC(=O)Cc1n[nH]c(=O)c2ncccc12. The van der Waals surface area contributed by atoms with Crippen LogP contribution in [-0.4, -0.2) is 27.6 Å². The van der Waals surface area contributed by atoms with Gasteiger partial charge in [0, 0.05) is 18.1 Å². The van der Waals surface area contributed by atoms with Crippen molar-refractivity contribution in [3.05, 3.63) is 58.2 Å². The molecule has 0 atom stereocenters. The summed E-state index contributed by atoms with van der Waals surface area (Å²) in [6, 6.07) is 3.46. The van der Waals surface area contributed by atoms with E-state index in [4.69, 9.17) is 0 Å². The number of carbonyl (C=O) groups is 1. The first kappa shape index (κ1) is 16.6. The predicted octanol–water partition coefficient (Wildman–Crippen LogP) is 1.89. The lowest BCUT2D eigenvalue weighted by atomic mass is 10.1. The molecule has 0 aliphatic rings. The molecular weight excluding hydrogens is 292 g/mol. The van der Waals surface area contributed by atoms with Crippen molar-refractivity contribution < 1.29 is 4.79 Å². The summed E-state index contributed by atoms with van der Waals surface area (Å²) >= 11 is 0. The Balaban J connectivity index is 2.00. The standard InChI is InChI=1S/C17H20N4O2/c1-3-6-12(2)7-4-9-18-15(22)11-14-13-8-5-10-19-16(13)17(23)21-20-14/h4-8,10H,3,9,11H2,1-2H3,(H,18,22)(H,21,23). The lowest BCUT2D eigenvalue weighted by Crippen LogP contribution is -2.26. The summed E-state index contributed by atoms with van der Waals surface area (Å²) in [5.74, 6) is -0.156. The first-order chi connectivity index (χ1) is 11.1. The first-order valence-electron chi connectivity index (χ1n) is 7.54. The largest absolute Gasteiger partial charge is 0.352 e. The molecule has 0 saturated carbocycles. The molecule has 0 aliphatic heterocycles. The molecule has 2 N–H and O–H groups in total. The Morgan fingerprint density at radius 3 is 3.04 bits per heavy atom. The number of carbonyl (C=O) groups excluding carboxylic acids is 1. The molecule has 0 aromatic carbocycles. The van der Waals surface area contributed by atoms with Gasteiger partial charge in [-0.1, -0.05) is 30.7 Å². The molecule has 0 fully saturated rings. The molecule has 2 rings (SSSR count). The minimum absolute atomic E-state index is 0.0938. The van der Waals surface area contributed by atoms with Gasteiger partial charge in [-0.05, 0) is 25.5 Å². The molecule has 1 amide bonds. The van der Waals surface area contributed by atoms with Gasteiger partial charge in [-0.25, -0.2) is 5.10 Å². The monoisotopic (exact) mass is 312 g/mol. The predicted molar refractivity (Wildman–Crippen MR) is 90.1 cm³/mol. The number of rotatable bonds is 6. The zero-order chi connectivity index (χ0) is 16.7. The number of nitrogens with one attached hydrogen (secondary N) is 2. The molecule has 0 aliphatic carbocycles. The molecule has 0 bridgehead atoms. The molecule has 120 valence electrons. The topological polar surface area (TPSA) is 87.7 Å². The zero-order valence-corrected chi connectivity index (χ0v) is 13.3. The van der Waals surface area contributed by atoms with Gasteiger partial charge in [0.25, 0.3) is 5.56 Å². The van der Waals surface area contributed by atoms with Crippen LogP contribution in [0.2, 0.25) is 0 Å². The molecule has 2 heterocycles. The highest BCUT2D eigenvalue weighted by Crippen LogP contribution is 2.10. The van der Waals surface area contributed by atoms with Crippen molar-refractivity contribution in [3.63, 3.8) is 0 Å². The van der Waals surface area contributed by atoms with Crippen molar-refractivity contribution in [2.75, 3.05) is 6.54 Å². The number of fused-ring (bicyclic) bond motifs is 1. The van der Waals surface area contributed by atoms with Crippen LogP contribution in [0.1, 0.15) is 26.0 Å². The van der Waals surface area contributed by atoms with Crippen LogP contribution in [0.15, 0.2) is 46.9 Å². The fourth-order valence-corrected chi connectivity index (χ4v) is 2.21. The Labute approximate surface area is 134 Å². The third kappa shape index (κ3) is 4.60. The summed E-state index contributed by atoms with van der Waals surface area (Å²) < 4.78 is 0. The van der Waals surface area contributed by atoms with Gasteiger partial charge in [0.15, 0.2) is 0 Å². The van der Waals surface area contributed by atoms with Gasteiger partial charge in [-0.2, -0.15) is 5.10 Å². The van der Waals surface area contributed by atoms with E-state index in [1.54, 1.807) is 18.3 Å². The normalized spacial score (nSPS) is 12.0. The van der Waals surface area contributed by atoms with Crippen LogP contribution in [0.3, 0.4) is 0 Å². The van der Waals surface area contributed by atoms with Crippen molar-refractivity contribution in [1.29, 1.82) is 0 Å². The molecule has 0 unspecified atom stereocenters. The van der Waals surface area contributed by atoms with E-state index < -0.39 is 0 Å². The number of aromatic amines is 1. The molecule has 0 spiro atoms. The van der Waals surface area contributed by atoms with E-state index >= 15 is 0 Å². The quantitative estimate of drug-likeness (QED) is 0.797. The Kier molecular flexibility index (Phi) is 5.80. The van der Waals surface area contributed by atoms with E-state index in [0.29, 0.717) is 23.1 Å². The fraction of sp³-hybridized carbons (Fsp3) is 0.294. The maximum Gasteiger partial charge on any atom is 0.290 e. The number of hydrogen-bond acceptors (Lipinski definition) is 4. The van der Waals surface area contributed by atoms with Gasteiger partial charge in [-0.15, -0.1) is 0 Å². The van der Waals surface area contributed by atoms with Crippen LogP contribution in [0, 0.1) is 0 Å². The van der Waals surface area contributed by atoms with E-state index in [2.05, 4.69) is 33.5 Å². The summed E-state index contributed by atoms with van der Waals surface area (Å²) in [7, 11) is 0. The van der Waals surface area contributed by atoms with Crippen LogP contribution < -0.4 is 10.9 Å². The van der Waals surface area contributed by atoms with E-state index in [0.717, 1.165) is 6.42 Å². The van der Waals surface area contributed by atoms with E-state index in [9.17, 15) is 9.59 Å². The highest BCUT2D eigenvalue weighted by Gasteiger charge is 2.10. The number of hydrogen-bond donors (Lipinski definition) is 2. The number of aromatic nitrogens is 3. The highest BCUT2D eigenvalue weighted by atomic mass is 16.1. The van der Waals surface area contributed by atoms with Gasteiger partial charge in [0.05, 0.1) is 12.1 Å². The average molecular weight is 312 g/mol. The first-order valence-corrected chi connectivity index (χ1v) is 7.54. The smallest absolute Gasteiger partial charge is 0.290 e. The second-order valence-electron chi connectivity index (χ2n) is 5.14. The molecule has 23 heavy (non-hydrogen) atoms. The lowest BCUT2D eigenvalue weighted by molar-refractivity contribution is -0.120. The van der Waals surface area contributed by atoms with Crippen LogP contribution in [0.25, 0.3) is 10.9 Å². The average Bonchev–Trinajstić information content (AvgIpc) is 2.55. The highest BCUT2D eigenvalue weighted by molar-refractivity contribution is 5.86. The Morgan fingerprint density at radius 1 is 1.43 bits per heavy atom. The maximum atomic E-state index is 12.0. The van der Waals surface area contributed by atoms with E-state index in [1.807, 2.05) is 19.1 Å². The van der Waals surface area contributed by atoms with Crippen molar-refractivity contribution in [2.45, 2.75) is 26.7 Å². The number of nitrogens with zero attached hydrogens (tertiary/aromatic N) is 2. The van der Waals surface area contributed by atoms with Crippen LogP contribution in [-0.2, 0) is 11.2 Å². The second-order valence-corrected chi connectivity index (χ2v) is 5.14. The van der Waals surface area contributed by atoms with Gasteiger partial charge >= 0.3 is 0 Å². The summed E-state index contributed by atoms with van der Waals surface area (Å²) in [4.78, 5) is 27.7. The van der Waals surface area contributed by atoms with E-state index in [1.165, 1.54) is 5.57 Å². The van der Waals surface area contributed by atoms with Crippen molar-refractivity contribution in [3.8, 4) is 0 Å². The molecule has 2 aromatic heterocycles. The minimum atomic E-state index is -0.356. The van der Waals surface area contributed by atoms with Crippen molar-refractivity contribution in [1.82, 2.24) is 20.5 Å². The van der Waals surface area contributed by atoms with Crippen molar-refractivity contribution in [2.24, 2.45) is 0 Å². The lowest BCUT2D eigenvalue weighted by Gasteiger charge is -2.04. The van der Waals surface area contributed by atoms with Gasteiger partial charge in [0.2, 0.25) is 5.91 Å². The van der Waals surface area contributed by atoms with Gasteiger partial charge in [0.1, 0.15) is 5.52 Å². The summed E-state index contributed by atoms with van der Waals surface area (Å²) in [5.41, 5.74) is 1.62. The molecule has 6 nitrogen and oxygen atoms in total. The fourth-order valence-electron chi connectivity index (χ4n) is 2.21. The number of H-pyrrole nitrogens is 1. The molecule has 2 aromatic rings. The molecular formula is C17H20N4O2. The molecule has 0 saturated heterocycles. The maximum absolute atomic E-state index is 12.0. The number of pyridine rings is 1. The number of amides is 1. The third-order valence-electron chi connectivity index (χ3n) is 3.28. The van der Waals surface area contributed by atoms with Gasteiger partial charge in [-0.3, -0.25) is 14.6 Å². The van der Waals surface area contributed by atoms with Crippen LogP contribution in [0.5, 0.6) is 0 Å². The second kappa shape index (κ2) is 8.03. The summed E-state index contributed by atoms with van der Waals surface area (Å²) in [6.07, 6.45) is 8.61. The Bertz CT molecular complexity index is 806. The van der Waals surface area contributed by atoms with Crippen LogP contribution in [0.4, 0.5) is 0 Å². The third-order valence-corrected chi connectivity index (χ3v) is 3.28. The Hall–Kier alpha value is -2.76. The molecule has 6 heteroatoms. The summed E-state index contributed by atoms with van der Waals surface area (Å²) in [5, 5.41) is 9.74.